The normalized spacial score (nSPS) is 12.7. The molecular weight excluding hydrogens is 360 g/mol. The summed E-state index contributed by atoms with van der Waals surface area (Å²) in [6, 6.07) is 26.2. The minimum atomic E-state index is -1.20. The Hall–Kier alpha value is -2.67. The summed E-state index contributed by atoms with van der Waals surface area (Å²) in [7, 11) is -1.20. The van der Waals surface area contributed by atoms with Crippen LogP contribution >= 0.6 is 0 Å². The molecule has 0 bridgehead atoms. The maximum atomic E-state index is 13.2. The van der Waals surface area contributed by atoms with Crippen molar-refractivity contribution in [2.24, 2.45) is 0 Å². The van der Waals surface area contributed by atoms with Gasteiger partial charge in [0.1, 0.15) is 0 Å². The van der Waals surface area contributed by atoms with Gasteiger partial charge in [0.15, 0.2) is 0 Å². The van der Waals surface area contributed by atoms with Crippen LogP contribution in [0, 0.1) is 6.92 Å². The van der Waals surface area contributed by atoms with Gasteiger partial charge in [0.2, 0.25) is 0 Å². The van der Waals surface area contributed by atoms with Gasteiger partial charge >= 0.3 is 0 Å². The highest BCUT2D eigenvalue weighted by atomic mass is 32.2. The molecule has 0 spiro atoms. The zero-order valence-electron chi connectivity index (χ0n) is 16.7. The maximum Gasteiger partial charge on any atom is 0.0852 e. The number of benzene rings is 3. The lowest BCUT2D eigenvalue weighted by atomic mass is 9.91. The molecule has 0 saturated heterocycles. The van der Waals surface area contributed by atoms with Crippen molar-refractivity contribution in [3.63, 3.8) is 0 Å². The zero-order chi connectivity index (χ0) is 19.9. The van der Waals surface area contributed by atoms with Gasteiger partial charge in [-0.3, -0.25) is 0 Å². The summed E-state index contributed by atoms with van der Waals surface area (Å²) in [6.07, 6.45) is 2.94. The largest absolute Gasteiger partial charge is 0.249 e. The van der Waals surface area contributed by atoms with Crippen molar-refractivity contribution in [1.82, 2.24) is 0 Å². The molecule has 0 heterocycles. The van der Waals surface area contributed by atoms with Crippen LogP contribution in [-0.4, -0.2) is 4.21 Å². The molecule has 0 aliphatic heterocycles. The van der Waals surface area contributed by atoms with Gasteiger partial charge in [0.05, 0.1) is 10.8 Å². The third kappa shape index (κ3) is 4.78. The molecule has 0 aliphatic carbocycles. The van der Waals surface area contributed by atoms with Gasteiger partial charge in [-0.1, -0.05) is 80.1 Å². The highest BCUT2D eigenvalue weighted by Gasteiger charge is 2.18. The summed E-state index contributed by atoms with van der Waals surface area (Å²) in [4.78, 5) is 1.72. The summed E-state index contributed by atoms with van der Waals surface area (Å²) >= 11 is 0. The maximum absolute atomic E-state index is 13.2. The first-order valence-electron chi connectivity index (χ1n) is 9.68. The number of hydrogen-bond acceptors (Lipinski definition) is 1. The van der Waals surface area contributed by atoms with Gasteiger partial charge in [-0.05, 0) is 54.3 Å². The third-order valence-electron chi connectivity index (χ3n) is 4.95. The standard InChI is InChI=1S/C26H26OS/c1-4-23(17-16-22-10-6-5-7-11-22)21(3)25-12-8-9-13-26(25)28(27)24-18-14-20(2)15-19-24/h5-16,18-19,21H,4H2,1-3H3/t17?,21-,28+/m1/s1. The van der Waals surface area contributed by atoms with Crippen LogP contribution in [0.25, 0.3) is 6.08 Å². The van der Waals surface area contributed by atoms with Crippen LogP contribution in [0.2, 0.25) is 0 Å². The first-order valence-corrected chi connectivity index (χ1v) is 10.8. The van der Waals surface area contributed by atoms with E-state index >= 15 is 0 Å². The lowest BCUT2D eigenvalue weighted by molar-refractivity contribution is 0.681. The van der Waals surface area contributed by atoms with Crippen LogP contribution in [0.5, 0.6) is 0 Å². The van der Waals surface area contributed by atoms with Gasteiger partial charge in [-0.2, -0.15) is 0 Å². The molecule has 0 fully saturated rings. The molecule has 0 aliphatic rings. The summed E-state index contributed by atoms with van der Waals surface area (Å²) in [5, 5.41) is 0. The number of allylic oxidation sites excluding steroid dienone is 1. The van der Waals surface area contributed by atoms with Crippen molar-refractivity contribution in [3.8, 4) is 0 Å². The first-order chi connectivity index (χ1) is 13.6. The molecule has 3 aromatic carbocycles. The fourth-order valence-electron chi connectivity index (χ4n) is 3.24. The quantitative estimate of drug-likeness (QED) is 0.420. The van der Waals surface area contributed by atoms with Crippen molar-refractivity contribution in [3.05, 3.63) is 107 Å². The lowest BCUT2D eigenvalue weighted by Crippen LogP contribution is -2.04. The second-order valence-corrected chi connectivity index (χ2v) is 8.37. The molecular formula is C26H26OS. The van der Waals surface area contributed by atoms with E-state index in [9.17, 15) is 4.21 Å². The molecule has 0 unspecified atom stereocenters. The van der Waals surface area contributed by atoms with E-state index in [2.05, 4.69) is 37.8 Å². The van der Waals surface area contributed by atoms with E-state index in [0.29, 0.717) is 0 Å². The minimum Gasteiger partial charge on any atom is -0.249 e. The van der Waals surface area contributed by atoms with Crippen molar-refractivity contribution in [2.45, 2.75) is 42.9 Å². The molecule has 3 rings (SSSR count). The molecule has 0 radical (unpaired) electrons. The van der Waals surface area contributed by atoms with Crippen LogP contribution < -0.4 is 0 Å². The fraction of sp³-hybridized carbons (Fsp3) is 0.192. The van der Waals surface area contributed by atoms with E-state index in [1.165, 1.54) is 11.1 Å². The van der Waals surface area contributed by atoms with E-state index < -0.39 is 10.8 Å². The van der Waals surface area contributed by atoms with Crippen molar-refractivity contribution in [1.29, 1.82) is 0 Å². The molecule has 1 nitrogen and oxygen atoms in total. The number of aryl methyl sites for hydroxylation is 1. The Morgan fingerprint density at radius 1 is 0.964 bits per heavy atom. The van der Waals surface area contributed by atoms with Crippen LogP contribution in [0.1, 0.15) is 42.9 Å². The Balaban J connectivity index is 1.98. The Morgan fingerprint density at radius 3 is 2.29 bits per heavy atom. The van der Waals surface area contributed by atoms with E-state index in [-0.39, 0.29) is 5.92 Å². The highest BCUT2D eigenvalue weighted by Crippen LogP contribution is 2.32. The summed E-state index contributed by atoms with van der Waals surface area (Å²) in [6.45, 7) is 6.37. The van der Waals surface area contributed by atoms with Crippen LogP contribution in [0.15, 0.2) is 100.0 Å². The Kier molecular flexibility index (Phi) is 6.81. The van der Waals surface area contributed by atoms with Crippen LogP contribution in [0.3, 0.4) is 0 Å². The smallest absolute Gasteiger partial charge is 0.0852 e. The van der Waals surface area contributed by atoms with Crippen molar-refractivity contribution < 1.29 is 4.21 Å². The SMILES string of the molecule is CCC(=C=Cc1ccccc1)[C@@H](C)c1ccccc1[S@@](=O)c1ccc(C)cc1. The Bertz CT molecular complexity index is 1010. The van der Waals surface area contributed by atoms with Gasteiger partial charge in [0.25, 0.3) is 0 Å². The molecule has 2 heteroatoms. The number of rotatable bonds is 6. The molecule has 0 aromatic heterocycles. The van der Waals surface area contributed by atoms with Crippen molar-refractivity contribution >= 4 is 16.9 Å². The monoisotopic (exact) mass is 386 g/mol. The van der Waals surface area contributed by atoms with Gasteiger partial charge in [-0.15, -0.1) is 5.73 Å². The summed E-state index contributed by atoms with van der Waals surface area (Å²) in [5.41, 5.74) is 8.11. The molecule has 28 heavy (non-hydrogen) atoms. The van der Waals surface area contributed by atoms with E-state index in [1.807, 2.05) is 73.7 Å². The second-order valence-electron chi connectivity index (χ2n) is 6.92. The van der Waals surface area contributed by atoms with Crippen LogP contribution in [-0.2, 0) is 10.8 Å². The average Bonchev–Trinajstić information content (AvgIpc) is 2.75. The molecule has 3 aromatic rings. The first kappa shape index (κ1) is 20.1. The molecule has 0 amide bonds. The average molecular weight is 387 g/mol. The highest BCUT2D eigenvalue weighted by molar-refractivity contribution is 7.85. The topological polar surface area (TPSA) is 17.1 Å². The third-order valence-corrected chi connectivity index (χ3v) is 6.42. The summed E-state index contributed by atoms with van der Waals surface area (Å²) in [5.74, 6) is 0.149. The van der Waals surface area contributed by atoms with Gasteiger partial charge < -0.3 is 0 Å². The van der Waals surface area contributed by atoms with Gasteiger partial charge in [0, 0.05) is 15.7 Å². The predicted octanol–water partition coefficient (Wildman–Crippen LogP) is 6.91. The molecule has 142 valence electrons. The number of hydrogen-bond donors (Lipinski definition) is 0. The molecule has 0 N–H and O–H groups in total. The fourth-order valence-corrected chi connectivity index (χ4v) is 4.54. The summed E-state index contributed by atoms with van der Waals surface area (Å²) < 4.78 is 13.2. The molecule has 2 atom stereocenters. The lowest BCUT2D eigenvalue weighted by Gasteiger charge is -2.17. The van der Waals surface area contributed by atoms with E-state index in [1.54, 1.807) is 0 Å². The Labute approximate surface area is 170 Å². The molecule has 0 saturated carbocycles. The van der Waals surface area contributed by atoms with E-state index in [0.717, 1.165) is 27.3 Å². The van der Waals surface area contributed by atoms with Gasteiger partial charge in [-0.25, -0.2) is 4.21 Å². The van der Waals surface area contributed by atoms with E-state index in [4.69, 9.17) is 0 Å². The van der Waals surface area contributed by atoms with Crippen molar-refractivity contribution in [2.75, 3.05) is 0 Å². The van der Waals surface area contributed by atoms with Crippen LogP contribution in [0.4, 0.5) is 0 Å². The second kappa shape index (κ2) is 9.50. The minimum absolute atomic E-state index is 0.149. The Morgan fingerprint density at radius 2 is 1.61 bits per heavy atom. The zero-order valence-corrected chi connectivity index (χ0v) is 17.5. The predicted molar refractivity (Wildman–Crippen MR) is 119 cm³/mol.